The van der Waals surface area contributed by atoms with Crippen molar-refractivity contribution >= 4 is 34.8 Å². The Labute approximate surface area is 210 Å². The second-order valence-corrected chi connectivity index (χ2v) is 9.59. The average molecular weight is 494 g/mol. The van der Waals surface area contributed by atoms with Crippen molar-refractivity contribution in [3.63, 3.8) is 0 Å². The molecule has 3 aliphatic rings. The number of amides is 2. The van der Waals surface area contributed by atoms with Crippen molar-refractivity contribution in [2.45, 2.75) is 25.4 Å². The van der Waals surface area contributed by atoms with Gasteiger partial charge in [-0.2, -0.15) is 0 Å². The highest BCUT2D eigenvalue weighted by atomic mass is 19.1. The number of hydrogen-bond acceptors (Lipinski definition) is 7. The van der Waals surface area contributed by atoms with Crippen molar-refractivity contribution in [2.75, 3.05) is 61.8 Å². The zero-order valence-corrected chi connectivity index (χ0v) is 20.5. The number of nitrogens with zero attached hydrogens (tertiary/aromatic N) is 4. The molecule has 2 saturated heterocycles. The fourth-order valence-corrected chi connectivity index (χ4v) is 5.04. The number of pyridine rings is 1. The van der Waals surface area contributed by atoms with Crippen molar-refractivity contribution in [1.29, 1.82) is 0 Å². The first kappa shape index (κ1) is 24.1. The van der Waals surface area contributed by atoms with E-state index in [-0.39, 0.29) is 35.8 Å². The minimum absolute atomic E-state index is 0.0831. The smallest absolute Gasteiger partial charge is 0.255 e. The van der Waals surface area contributed by atoms with E-state index in [0.717, 1.165) is 50.4 Å². The first-order valence-electron chi connectivity index (χ1n) is 12.4. The molecule has 1 atom stereocenters. The van der Waals surface area contributed by atoms with Crippen LogP contribution in [0.25, 0.3) is 0 Å². The summed E-state index contributed by atoms with van der Waals surface area (Å²) in [5, 5.41) is 9.12. The molecular weight excluding hydrogens is 461 g/mol. The van der Waals surface area contributed by atoms with Gasteiger partial charge in [0.25, 0.3) is 5.91 Å². The molecule has 0 aliphatic carbocycles. The van der Waals surface area contributed by atoms with Crippen LogP contribution in [-0.4, -0.2) is 79.0 Å². The molecule has 5 rings (SSSR count). The van der Waals surface area contributed by atoms with E-state index < -0.39 is 5.82 Å². The van der Waals surface area contributed by atoms with Crippen LogP contribution in [0, 0.1) is 5.82 Å². The summed E-state index contributed by atoms with van der Waals surface area (Å²) in [4.78, 5) is 35.4. The highest BCUT2D eigenvalue weighted by molar-refractivity contribution is 6.03. The van der Waals surface area contributed by atoms with Crippen LogP contribution in [0.4, 0.5) is 27.4 Å². The van der Waals surface area contributed by atoms with Crippen LogP contribution < -0.4 is 20.9 Å². The number of hydrogen-bond donors (Lipinski definition) is 3. The minimum atomic E-state index is -0.536. The number of likely N-dealkylation sites (N-methyl/N-ethyl adjacent to an activating group) is 1. The zero-order chi connectivity index (χ0) is 25.2. The van der Waals surface area contributed by atoms with E-state index in [4.69, 9.17) is 0 Å². The van der Waals surface area contributed by atoms with Crippen LogP contribution in [0.2, 0.25) is 0 Å². The molecule has 3 N–H and O–H groups in total. The summed E-state index contributed by atoms with van der Waals surface area (Å²) in [6.07, 6.45) is 2.88. The molecule has 2 amide bonds. The van der Waals surface area contributed by atoms with Crippen LogP contribution in [0.15, 0.2) is 36.9 Å². The first-order chi connectivity index (χ1) is 17.4. The van der Waals surface area contributed by atoms with Gasteiger partial charge in [-0.15, -0.1) is 0 Å². The van der Waals surface area contributed by atoms with Gasteiger partial charge in [0, 0.05) is 68.8 Å². The van der Waals surface area contributed by atoms with Crippen molar-refractivity contribution in [1.82, 2.24) is 20.1 Å². The highest BCUT2D eigenvalue weighted by Crippen LogP contribution is 2.32. The van der Waals surface area contributed by atoms with Crippen molar-refractivity contribution in [3.8, 4) is 0 Å². The van der Waals surface area contributed by atoms with E-state index in [0.29, 0.717) is 24.5 Å². The molecule has 36 heavy (non-hydrogen) atoms. The Morgan fingerprint density at radius 3 is 2.64 bits per heavy atom. The number of aromatic nitrogens is 1. The van der Waals surface area contributed by atoms with Crippen molar-refractivity contribution < 1.29 is 14.0 Å². The lowest BCUT2D eigenvalue weighted by Gasteiger charge is -2.34. The number of fused-ring (bicyclic) bond motifs is 1. The van der Waals surface area contributed by atoms with Gasteiger partial charge in [0.1, 0.15) is 5.82 Å². The Bertz CT molecular complexity index is 1160. The number of carbonyl (C=O) groups excluding carboxylic acids is 2. The molecule has 2 aromatic rings. The van der Waals surface area contributed by atoms with Gasteiger partial charge < -0.3 is 30.7 Å². The summed E-state index contributed by atoms with van der Waals surface area (Å²) in [5.74, 6) is -0.627. The molecule has 0 spiro atoms. The molecule has 4 heterocycles. The summed E-state index contributed by atoms with van der Waals surface area (Å²) in [6, 6.07) is 7.84. The number of nitrogens with one attached hydrogen (secondary N) is 3. The van der Waals surface area contributed by atoms with E-state index in [1.165, 1.54) is 6.08 Å². The molecule has 1 aromatic heterocycles. The summed E-state index contributed by atoms with van der Waals surface area (Å²) in [6.45, 7) is 8.76. The van der Waals surface area contributed by atoms with Crippen LogP contribution in [0.1, 0.15) is 28.8 Å². The summed E-state index contributed by atoms with van der Waals surface area (Å²) in [5.41, 5.74) is 2.43. The molecule has 0 radical (unpaired) electrons. The average Bonchev–Trinajstić information content (AvgIpc) is 3.29. The maximum atomic E-state index is 15.4. The lowest BCUT2D eigenvalue weighted by molar-refractivity contribution is -0.127. The Balaban J connectivity index is 1.36. The van der Waals surface area contributed by atoms with Crippen molar-refractivity contribution in [2.24, 2.45) is 0 Å². The molecule has 2 fully saturated rings. The Morgan fingerprint density at radius 2 is 1.92 bits per heavy atom. The Kier molecular flexibility index (Phi) is 6.77. The third-order valence-corrected chi connectivity index (χ3v) is 7.13. The van der Waals surface area contributed by atoms with Gasteiger partial charge in [-0.3, -0.25) is 9.59 Å². The standard InChI is InChI=1S/C26H32FN7O2/c1-3-21(35)34-10-4-5-18(16-34)30-25-23(27)20-15-28-26(36)22(20)24(31-25)29-17-6-8-19(9-7-17)33-13-11-32(2)12-14-33/h3,6-9,18H,1,4-5,10-16H2,2H3,(H,28,36)(H2,29,30,31). The van der Waals surface area contributed by atoms with Gasteiger partial charge >= 0.3 is 0 Å². The molecule has 190 valence electrons. The highest BCUT2D eigenvalue weighted by Gasteiger charge is 2.31. The number of piperidine rings is 1. The summed E-state index contributed by atoms with van der Waals surface area (Å²) < 4.78 is 15.4. The summed E-state index contributed by atoms with van der Waals surface area (Å²) in [7, 11) is 2.13. The lowest BCUT2D eigenvalue weighted by Crippen LogP contribution is -2.44. The molecule has 1 unspecified atom stereocenters. The van der Waals surface area contributed by atoms with E-state index in [1.807, 2.05) is 24.3 Å². The van der Waals surface area contributed by atoms with Crippen LogP contribution in [0.5, 0.6) is 0 Å². The maximum Gasteiger partial charge on any atom is 0.255 e. The van der Waals surface area contributed by atoms with E-state index in [1.54, 1.807) is 4.90 Å². The van der Waals surface area contributed by atoms with Gasteiger partial charge in [-0.25, -0.2) is 9.37 Å². The molecular formula is C26H32FN7O2. The van der Waals surface area contributed by atoms with Gasteiger partial charge in [0.15, 0.2) is 11.6 Å². The fraction of sp³-hybridized carbons (Fsp3) is 0.423. The first-order valence-corrected chi connectivity index (χ1v) is 12.4. The lowest BCUT2D eigenvalue weighted by atomic mass is 10.0. The van der Waals surface area contributed by atoms with Crippen LogP contribution >= 0.6 is 0 Å². The monoisotopic (exact) mass is 493 g/mol. The molecule has 1 aromatic carbocycles. The molecule has 0 saturated carbocycles. The number of piperazine rings is 1. The molecule has 10 heteroatoms. The second kappa shape index (κ2) is 10.1. The topological polar surface area (TPSA) is 92.8 Å². The molecule has 3 aliphatic heterocycles. The largest absolute Gasteiger partial charge is 0.369 e. The summed E-state index contributed by atoms with van der Waals surface area (Å²) >= 11 is 0. The van der Waals surface area contributed by atoms with Gasteiger partial charge in [0.2, 0.25) is 5.91 Å². The van der Waals surface area contributed by atoms with Crippen LogP contribution in [0.3, 0.4) is 0 Å². The SMILES string of the molecule is C=CC(=O)N1CCCC(Nc2nc(Nc3ccc(N4CCN(C)CC4)cc3)c3c(c2F)CNC3=O)C1. The predicted octanol–water partition coefficient (Wildman–Crippen LogP) is 2.55. The third-order valence-electron chi connectivity index (χ3n) is 7.13. The Morgan fingerprint density at radius 1 is 1.17 bits per heavy atom. The van der Waals surface area contributed by atoms with E-state index >= 15 is 4.39 Å². The molecule has 0 bridgehead atoms. The predicted molar refractivity (Wildman–Crippen MR) is 138 cm³/mol. The third kappa shape index (κ3) is 4.86. The van der Waals surface area contributed by atoms with Crippen molar-refractivity contribution in [3.05, 3.63) is 53.9 Å². The maximum absolute atomic E-state index is 15.4. The number of benzene rings is 1. The van der Waals surface area contributed by atoms with Crippen LogP contribution in [-0.2, 0) is 11.3 Å². The Hall–Kier alpha value is -3.66. The number of likely N-dealkylation sites (tertiary alicyclic amines) is 1. The number of halogens is 1. The number of anilines is 4. The molecule has 9 nitrogen and oxygen atoms in total. The minimum Gasteiger partial charge on any atom is -0.369 e. The second-order valence-electron chi connectivity index (χ2n) is 9.59. The van der Waals surface area contributed by atoms with Gasteiger partial charge in [-0.05, 0) is 50.2 Å². The van der Waals surface area contributed by atoms with Gasteiger partial charge in [0.05, 0.1) is 5.56 Å². The quantitative estimate of drug-likeness (QED) is 0.533. The number of carbonyl (C=O) groups is 2. The zero-order valence-electron chi connectivity index (χ0n) is 20.5. The van der Waals surface area contributed by atoms with E-state index in [2.05, 4.69) is 44.4 Å². The fourth-order valence-electron chi connectivity index (χ4n) is 5.04. The number of rotatable bonds is 6. The van der Waals surface area contributed by atoms with Gasteiger partial charge in [-0.1, -0.05) is 6.58 Å². The van der Waals surface area contributed by atoms with E-state index in [9.17, 15) is 9.59 Å². The normalized spacial score (nSPS) is 20.1.